The van der Waals surface area contributed by atoms with Gasteiger partial charge in [0.1, 0.15) is 16.9 Å². The van der Waals surface area contributed by atoms with Crippen LogP contribution in [0.15, 0.2) is 36.6 Å². The number of benzene rings is 1. The Balaban J connectivity index is 2.42. The van der Waals surface area contributed by atoms with Crippen molar-refractivity contribution >= 4 is 0 Å². The minimum atomic E-state index is -0.466. The molecule has 1 fully saturated rings. The van der Waals surface area contributed by atoms with Crippen LogP contribution in [0.5, 0.6) is 5.75 Å². The van der Waals surface area contributed by atoms with Crippen LogP contribution < -0.4 is 4.74 Å². The summed E-state index contributed by atoms with van der Waals surface area (Å²) in [6.45, 7) is 4.54. The molecule has 0 spiro atoms. The van der Waals surface area contributed by atoms with Crippen molar-refractivity contribution in [3.63, 3.8) is 0 Å². The fourth-order valence-corrected chi connectivity index (χ4v) is 2.01. The van der Waals surface area contributed by atoms with E-state index < -0.39 is 5.41 Å². The molecule has 0 amide bonds. The highest BCUT2D eigenvalue weighted by molar-refractivity contribution is 5.45. The van der Waals surface area contributed by atoms with Crippen LogP contribution in [0, 0.1) is 12.3 Å². The molecule has 0 saturated carbocycles. The second-order valence-corrected chi connectivity index (χ2v) is 3.80. The van der Waals surface area contributed by atoms with E-state index in [-0.39, 0.29) is 0 Å². The van der Waals surface area contributed by atoms with E-state index in [1.165, 1.54) is 0 Å². The lowest BCUT2D eigenvalue weighted by Crippen LogP contribution is -2.21. The maximum atomic E-state index is 5.64. The molecular weight excluding hydrogens is 200 g/mol. The monoisotopic (exact) mass is 214 g/mol. The zero-order valence-electron chi connectivity index (χ0n) is 9.32. The molecule has 1 aliphatic rings. The molecular formula is C14H14O2. The summed E-state index contributed by atoms with van der Waals surface area (Å²) in [5.41, 5.74) is 0.574. The molecule has 16 heavy (non-hydrogen) atoms. The van der Waals surface area contributed by atoms with Crippen LogP contribution in [-0.2, 0) is 10.2 Å². The van der Waals surface area contributed by atoms with Crippen molar-refractivity contribution in [2.45, 2.75) is 11.8 Å². The molecule has 1 aromatic rings. The zero-order chi connectivity index (χ0) is 11.6. The summed E-state index contributed by atoms with van der Waals surface area (Å²) < 4.78 is 10.5. The number of ether oxygens (including phenoxy) is 2. The molecule has 1 aromatic carbocycles. The molecule has 0 radical (unpaired) electrons. The summed E-state index contributed by atoms with van der Waals surface area (Å²) in [6.07, 6.45) is 6.43. The number of hydrogen-bond donors (Lipinski definition) is 0. The number of allylic oxidation sites excluding steroid dienone is 1. The van der Waals surface area contributed by atoms with Crippen molar-refractivity contribution < 1.29 is 9.47 Å². The van der Waals surface area contributed by atoms with Crippen LogP contribution in [0.2, 0.25) is 0 Å². The first-order valence-corrected chi connectivity index (χ1v) is 5.17. The topological polar surface area (TPSA) is 18.5 Å². The second-order valence-electron chi connectivity index (χ2n) is 3.80. The van der Waals surface area contributed by atoms with E-state index in [2.05, 4.69) is 12.5 Å². The van der Waals surface area contributed by atoms with E-state index in [0.717, 1.165) is 17.7 Å². The van der Waals surface area contributed by atoms with E-state index in [4.69, 9.17) is 15.9 Å². The predicted molar refractivity (Wildman–Crippen MR) is 63.2 cm³/mol. The van der Waals surface area contributed by atoms with Crippen LogP contribution in [-0.4, -0.2) is 13.7 Å². The van der Waals surface area contributed by atoms with Gasteiger partial charge < -0.3 is 9.47 Å². The van der Waals surface area contributed by atoms with Gasteiger partial charge in [0.15, 0.2) is 0 Å². The number of rotatable bonds is 2. The largest absolute Gasteiger partial charge is 0.497 e. The molecule has 0 bridgehead atoms. The molecule has 2 heteroatoms. The molecule has 2 rings (SSSR count). The molecule has 2 nitrogen and oxygen atoms in total. The Bertz CT molecular complexity index is 439. The van der Waals surface area contributed by atoms with E-state index in [1.807, 2.05) is 24.3 Å². The molecule has 1 unspecified atom stereocenters. The van der Waals surface area contributed by atoms with Gasteiger partial charge in [0.2, 0.25) is 0 Å². The van der Waals surface area contributed by atoms with Gasteiger partial charge in [0, 0.05) is 6.42 Å². The molecule has 0 aromatic heterocycles. The highest BCUT2D eigenvalue weighted by Crippen LogP contribution is 2.40. The van der Waals surface area contributed by atoms with E-state index in [1.54, 1.807) is 7.11 Å². The van der Waals surface area contributed by atoms with Gasteiger partial charge in [-0.15, -0.1) is 6.42 Å². The summed E-state index contributed by atoms with van der Waals surface area (Å²) in [4.78, 5) is 0. The minimum Gasteiger partial charge on any atom is -0.497 e. The van der Waals surface area contributed by atoms with Crippen molar-refractivity contribution in [3.8, 4) is 18.1 Å². The zero-order valence-corrected chi connectivity index (χ0v) is 9.32. The summed E-state index contributed by atoms with van der Waals surface area (Å²) in [7, 11) is 1.64. The maximum Gasteiger partial charge on any atom is 0.118 e. The Hall–Kier alpha value is -1.88. The average Bonchev–Trinajstić information content (AvgIpc) is 2.72. The Labute approximate surface area is 95.9 Å². The van der Waals surface area contributed by atoms with Gasteiger partial charge in [-0.2, -0.15) is 0 Å². The predicted octanol–water partition coefficient (Wildman–Crippen LogP) is 2.50. The highest BCUT2D eigenvalue weighted by atomic mass is 16.5. The average molecular weight is 214 g/mol. The SMILES string of the molecule is C#CC1(c2ccc(OC)cc2)CCOC1=C. The smallest absolute Gasteiger partial charge is 0.118 e. The number of hydrogen-bond acceptors (Lipinski definition) is 2. The number of terminal acetylenes is 1. The summed E-state index contributed by atoms with van der Waals surface area (Å²) in [5, 5.41) is 0. The summed E-state index contributed by atoms with van der Waals surface area (Å²) >= 11 is 0. The molecule has 1 aliphatic heterocycles. The molecule has 0 aliphatic carbocycles. The first kappa shape index (κ1) is 10.6. The lowest BCUT2D eigenvalue weighted by Gasteiger charge is -2.22. The lowest BCUT2D eigenvalue weighted by atomic mass is 9.79. The Kier molecular flexibility index (Phi) is 2.62. The van der Waals surface area contributed by atoms with Crippen molar-refractivity contribution in [3.05, 3.63) is 42.2 Å². The van der Waals surface area contributed by atoms with Gasteiger partial charge in [-0.1, -0.05) is 24.6 Å². The van der Waals surface area contributed by atoms with Crippen LogP contribution in [0.25, 0.3) is 0 Å². The third-order valence-electron chi connectivity index (χ3n) is 3.06. The van der Waals surface area contributed by atoms with Gasteiger partial charge in [-0.3, -0.25) is 0 Å². The minimum absolute atomic E-state index is 0.466. The van der Waals surface area contributed by atoms with Crippen LogP contribution in [0.1, 0.15) is 12.0 Å². The van der Waals surface area contributed by atoms with Crippen molar-refractivity contribution in [2.75, 3.05) is 13.7 Å². The maximum absolute atomic E-state index is 5.64. The third-order valence-corrected chi connectivity index (χ3v) is 3.06. The molecule has 1 saturated heterocycles. The molecule has 1 heterocycles. The summed E-state index contributed by atoms with van der Waals surface area (Å²) in [5.74, 6) is 4.30. The lowest BCUT2D eigenvalue weighted by molar-refractivity contribution is 0.261. The van der Waals surface area contributed by atoms with Crippen LogP contribution in [0.4, 0.5) is 0 Å². The van der Waals surface area contributed by atoms with Gasteiger partial charge in [-0.05, 0) is 17.7 Å². The fourth-order valence-electron chi connectivity index (χ4n) is 2.01. The number of methoxy groups -OCH3 is 1. The van der Waals surface area contributed by atoms with E-state index in [0.29, 0.717) is 12.4 Å². The quantitative estimate of drug-likeness (QED) is 0.704. The third kappa shape index (κ3) is 1.45. The normalized spacial score (nSPS) is 23.6. The Morgan fingerprint density at radius 1 is 1.44 bits per heavy atom. The molecule has 0 N–H and O–H groups in total. The first-order chi connectivity index (χ1) is 7.73. The van der Waals surface area contributed by atoms with Gasteiger partial charge >= 0.3 is 0 Å². The second kappa shape index (κ2) is 3.94. The Morgan fingerprint density at radius 2 is 2.12 bits per heavy atom. The van der Waals surface area contributed by atoms with Gasteiger partial charge in [-0.25, -0.2) is 0 Å². The first-order valence-electron chi connectivity index (χ1n) is 5.17. The summed E-state index contributed by atoms with van der Waals surface area (Å²) in [6, 6.07) is 7.75. The van der Waals surface area contributed by atoms with E-state index >= 15 is 0 Å². The fraction of sp³-hybridized carbons (Fsp3) is 0.286. The van der Waals surface area contributed by atoms with Crippen molar-refractivity contribution in [1.29, 1.82) is 0 Å². The molecule has 82 valence electrons. The van der Waals surface area contributed by atoms with Crippen LogP contribution in [0.3, 0.4) is 0 Å². The van der Waals surface area contributed by atoms with Crippen molar-refractivity contribution in [1.82, 2.24) is 0 Å². The van der Waals surface area contributed by atoms with Crippen LogP contribution >= 0.6 is 0 Å². The van der Waals surface area contributed by atoms with Crippen molar-refractivity contribution in [2.24, 2.45) is 0 Å². The molecule has 1 atom stereocenters. The highest BCUT2D eigenvalue weighted by Gasteiger charge is 2.39. The van der Waals surface area contributed by atoms with Gasteiger partial charge in [0.25, 0.3) is 0 Å². The Morgan fingerprint density at radius 3 is 2.56 bits per heavy atom. The van der Waals surface area contributed by atoms with Gasteiger partial charge in [0.05, 0.1) is 13.7 Å². The standard InChI is InChI=1S/C14H14O2/c1-4-14(9-10-16-11(14)2)12-5-7-13(15-3)8-6-12/h1,5-8H,2,9-10H2,3H3. The van der Waals surface area contributed by atoms with E-state index in [9.17, 15) is 0 Å².